The summed E-state index contributed by atoms with van der Waals surface area (Å²) in [6, 6.07) is 19.3. The van der Waals surface area contributed by atoms with Gasteiger partial charge in [-0.1, -0.05) is 63.6 Å². The van der Waals surface area contributed by atoms with Crippen LogP contribution in [-0.4, -0.2) is 0 Å². The number of furan rings is 1. The van der Waals surface area contributed by atoms with Gasteiger partial charge in [0.25, 0.3) is 0 Å². The highest BCUT2D eigenvalue weighted by Crippen LogP contribution is 2.47. The number of hydrogen-bond donors (Lipinski definition) is 0. The van der Waals surface area contributed by atoms with E-state index in [9.17, 15) is 0 Å². The van der Waals surface area contributed by atoms with Crippen LogP contribution in [0.4, 0.5) is 0 Å². The Labute approximate surface area is 171 Å². The lowest BCUT2D eigenvalue weighted by Crippen LogP contribution is -2.33. The molecule has 142 valence electrons. The molecule has 1 aliphatic carbocycles. The van der Waals surface area contributed by atoms with Crippen LogP contribution in [-0.2, 0) is 10.8 Å². The van der Waals surface area contributed by atoms with Crippen LogP contribution in [0.1, 0.15) is 51.7 Å². The van der Waals surface area contributed by atoms with Crippen LogP contribution in [0.2, 0.25) is 5.02 Å². The van der Waals surface area contributed by atoms with Gasteiger partial charge in [0.15, 0.2) is 0 Å². The maximum absolute atomic E-state index is 6.23. The van der Waals surface area contributed by atoms with Gasteiger partial charge in [-0.15, -0.1) is 0 Å². The summed E-state index contributed by atoms with van der Waals surface area (Å²) in [7, 11) is 0. The highest BCUT2D eigenvalue weighted by molar-refractivity contribution is 6.31. The summed E-state index contributed by atoms with van der Waals surface area (Å²) >= 11 is 6.23. The Bertz CT molecular complexity index is 1230. The first-order valence-corrected chi connectivity index (χ1v) is 10.4. The largest absolute Gasteiger partial charge is 0.456 e. The predicted molar refractivity (Wildman–Crippen MR) is 119 cm³/mol. The third kappa shape index (κ3) is 2.68. The van der Waals surface area contributed by atoms with E-state index < -0.39 is 0 Å². The van der Waals surface area contributed by atoms with Crippen molar-refractivity contribution in [2.24, 2.45) is 0 Å². The molecule has 3 aromatic carbocycles. The Morgan fingerprint density at radius 1 is 0.679 bits per heavy atom. The molecule has 0 unspecified atom stereocenters. The van der Waals surface area contributed by atoms with E-state index in [-0.39, 0.29) is 10.8 Å². The van der Waals surface area contributed by atoms with Crippen molar-refractivity contribution in [3.05, 3.63) is 70.7 Å². The molecule has 0 fully saturated rings. The zero-order chi connectivity index (χ0) is 19.7. The molecule has 0 bridgehead atoms. The van der Waals surface area contributed by atoms with Crippen LogP contribution in [0, 0.1) is 0 Å². The topological polar surface area (TPSA) is 13.1 Å². The zero-order valence-electron chi connectivity index (χ0n) is 16.9. The first kappa shape index (κ1) is 17.8. The summed E-state index contributed by atoms with van der Waals surface area (Å²) in [6.07, 6.45) is 2.46. The normalized spacial score (nSPS) is 17.8. The Kier molecular flexibility index (Phi) is 3.74. The first-order chi connectivity index (χ1) is 13.2. The third-order valence-electron chi connectivity index (χ3n) is 6.62. The second kappa shape index (κ2) is 5.87. The molecule has 4 aromatic rings. The molecular weight excluding hydrogens is 364 g/mol. The lowest BCUT2D eigenvalue weighted by atomic mass is 9.63. The van der Waals surface area contributed by atoms with Crippen molar-refractivity contribution in [1.82, 2.24) is 0 Å². The Hall–Kier alpha value is -2.25. The lowest BCUT2D eigenvalue weighted by molar-refractivity contribution is 0.332. The summed E-state index contributed by atoms with van der Waals surface area (Å²) in [5.41, 5.74) is 7.70. The van der Waals surface area contributed by atoms with E-state index in [1.165, 1.54) is 35.1 Å². The molecule has 0 amide bonds. The summed E-state index contributed by atoms with van der Waals surface area (Å²) in [6.45, 7) is 9.49. The molecule has 0 spiro atoms. The molecule has 2 heteroatoms. The van der Waals surface area contributed by atoms with E-state index in [1.54, 1.807) is 0 Å². The van der Waals surface area contributed by atoms with Crippen LogP contribution in [0.5, 0.6) is 0 Å². The van der Waals surface area contributed by atoms with Gasteiger partial charge in [-0.05, 0) is 76.3 Å². The second-order valence-corrected chi connectivity index (χ2v) is 9.92. The molecule has 0 saturated carbocycles. The van der Waals surface area contributed by atoms with Gasteiger partial charge in [-0.25, -0.2) is 0 Å². The first-order valence-electron chi connectivity index (χ1n) is 10.0. The third-order valence-corrected chi connectivity index (χ3v) is 6.85. The average molecular weight is 389 g/mol. The van der Waals surface area contributed by atoms with Gasteiger partial charge < -0.3 is 4.42 Å². The lowest BCUT2D eigenvalue weighted by Gasteiger charge is -2.42. The van der Waals surface area contributed by atoms with Crippen LogP contribution < -0.4 is 0 Å². The van der Waals surface area contributed by atoms with Crippen molar-refractivity contribution in [2.75, 3.05) is 0 Å². The molecule has 0 radical (unpaired) electrons. The minimum atomic E-state index is 0.209. The molecule has 1 aliphatic rings. The van der Waals surface area contributed by atoms with Crippen LogP contribution in [0.15, 0.2) is 59.0 Å². The summed E-state index contributed by atoms with van der Waals surface area (Å²) in [5, 5.41) is 2.93. The van der Waals surface area contributed by atoms with Crippen LogP contribution >= 0.6 is 11.6 Å². The molecule has 0 aliphatic heterocycles. The van der Waals surface area contributed by atoms with Crippen molar-refractivity contribution in [2.45, 2.75) is 51.4 Å². The van der Waals surface area contributed by atoms with Crippen molar-refractivity contribution >= 4 is 33.5 Å². The van der Waals surface area contributed by atoms with Gasteiger partial charge in [0.1, 0.15) is 11.2 Å². The van der Waals surface area contributed by atoms with Crippen molar-refractivity contribution in [1.29, 1.82) is 0 Å². The number of rotatable bonds is 1. The van der Waals surface area contributed by atoms with Gasteiger partial charge in [-0.3, -0.25) is 0 Å². The molecule has 1 aromatic heterocycles. The number of fused-ring (bicyclic) bond motifs is 4. The maximum atomic E-state index is 6.23. The van der Waals surface area contributed by atoms with Gasteiger partial charge in [0, 0.05) is 15.8 Å². The minimum absolute atomic E-state index is 0.209. The fourth-order valence-electron chi connectivity index (χ4n) is 4.70. The highest BCUT2D eigenvalue weighted by atomic mass is 35.5. The quantitative estimate of drug-likeness (QED) is 0.320. The molecular formula is C26H25ClO. The van der Waals surface area contributed by atoms with Crippen molar-refractivity contribution in [3.8, 4) is 11.1 Å². The molecule has 0 atom stereocenters. The Balaban J connectivity index is 1.70. The van der Waals surface area contributed by atoms with Crippen molar-refractivity contribution < 1.29 is 4.42 Å². The summed E-state index contributed by atoms with van der Waals surface area (Å²) in [4.78, 5) is 0. The fraction of sp³-hybridized carbons (Fsp3) is 0.308. The van der Waals surface area contributed by atoms with Gasteiger partial charge in [0.2, 0.25) is 0 Å². The van der Waals surface area contributed by atoms with E-state index >= 15 is 0 Å². The van der Waals surface area contributed by atoms with E-state index in [0.29, 0.717) is 0 Å². The number of hydrogen-bond acceptors (Lipinski definition) is 1. The van der Waals surface area contributed by atoms with E-state index in [2.05, 4.69) is 64.1 Å². The summed E-state index contributed by atoms with van der Waals surface area (Å²) in [5.74, 6) is 0. The van der Waals surface area contributed by atoms with E-state index in [0.717, 1.165) is 27.0 Å². The summed E-state index contributed by atoms with van der Waals surface area (Å²) < 4.78 is 5.99. The van der Waals surface area contributed by atoms with Crippen LogP contribution in [0.25, 0.3) is 33.1 Å². The van der Waals surface area contributed by atoms with Crippen LogP contribution in [0.3, 0.4) is 0 Å². The predicted octanol–water partition coefficient (Wildman–Crippen LogP) is 8.26. The zero-order valence-corrected chi connectivity index (χ0v) is 17.7. The van der Waals surface area contributed by atoms with Crippen molar-refractivity contribution in [3.63, 3.8) is 0 Å². The van der Waals surface area contributed by atoms with Gasteiger partial charge >= 0.3 is 0 Å². The van der Waals surface area contributed by atoms with Gasteiger partial charge in [0.05, 0.1) is 0 Å². The second-order valence-electron chi connectivity index (χ2n) is 9.48. The number of benzene rings is 3. The Morgan fingerprint density at radius 2 is 1.25 bits per heavy atom. The average Bonchev–Trinajstić information content (AvgIpc) is 3.02. The molecule has 1 nitrogen and oxygen atoms in total. The molecule has 0 N–H and O–H groups in total. The molecule has 1 heterocycles. The molecule has 0 saturated heterocycles. The maximum Gasteiger partial charge on any atom is 0.135 e. The fourth-order valence-corrected chi connectivity index (χ4v) is 4.87. The monoisotopic (exact) mass is 388 g/mol. The Morgan fingerprint density at radius 3 is 2.00 bits per heavy atom. The number of halogens is 1. The molecule has 5 rings (SSSR count). The smallest absolute Gasteiger partial charge is 0.135 e. The van der Waals surface area contributed by atoms with E-state index in [1.807, 2.05) is 18.2 Å². The highest BCUT2D eigenvalue weighted by Gasteiger charge is 2.36. The van der Waals surface area contributed by atoms with E-state index in [4.69, 9.17) is 16.0 Å². The minimum Gasteiger partial charge on any atom is -0.456 e. The van der Waals surface area contributed by atoms with Gasteiger partial charge in [-0.2, -0.15) is 0 Å². The standard InChI is InChI=1S/C26H25ClO/c1-25(2)11-12-26(3,4)22-14-17(5-8-21(22)25)16-6-9-23-19(13-16)20-15-18(27)7-10-24(20)28-23/h5-10,13-15H,11-12H2,1-4H3. The molecule has 28 heavy (non-hydrogen) atoms. The SMILES string of the molecule is CC1(C)CCC(C)(C)c2cc(-c3ccc4oc5ccc(Cl)cc5c4c3)ccc21.